The molecule has 2 aromatic rings. The second kappa shape index (κ2) is 6.25. The van der Waals surface area contributed by atoms with Gasteiger partial charge in [-0.15, -0.1) is 6.58 Å². The fraction of sp³-hybridized carbons (Fsp3) is 0.231. The number of hydrogen-bond acceptors (Lipinski definition) is 4. The molecule has 2 rings (SSSR count). The predicted octanol–water partition coefficient (Wildman–Crippen LogP) is 2.96. The third kappa shape index (κ3) is 3.20. The largest absolute Gasteiger partial charge is 0.382 e. The Labute approximate surface area is 105 Å². The zero-order chi connectivity index (χ0) is 11.9. The van der Waals surface area contributed by atoms with Crippen LogP contribution >= 0.6 is 11.8 Å². The molecule has 3 nitrogen and oxygen atoms in total. The first-order valence-corrected chi connectivity index (χ1v) is 6.70. The predicted molar refractivity (Wildman–Crippen MR) is 75.5 cm³/mol. The van der Waals surface area contributed by atoms with Gasteiger partial charge in [-0.3, -0.25) is 0 Å². The van der Waals surface area contributed by atoms with E-state index >= 15 is 0 Å². The minimum Gasteiger partial charge on any atom is -0.382 e. The van der Waals surface area contributed by atoms with Gasteiger partial charge >= 0.3 is 0 Å². The van der Waals surface area contributed by atoms with Crippen LogP contribution in [0, 0.1) is 0 Å². The van der Waals surface area contributed by atoms with Gasteiger partial charge in [0.05, 0.1) is 17.4 Å². The van der Waals surface area contributed by atoms with Gasteiger partial charge in [0.25, 0.3) is 0 Å². The highest BCUT2D eigenvalue weighted by molar-refractivity contribution is 7.99. The average molecular weight is 245 g/mol. The number of fused-ring (bicyclic) bond motifs is 1. The van der Waals surface area contributed by atoms with E-state index in [1.807, 2.05) is 36.0 Å². The second-order valence-corrected chi connectivity index (χ2v) is 4.72. The second-order valence-electron chi connectivity index (χ2n) is 3.57. The summed E-state index contributed by atoms with van der Waals surface area (Å²) in [7, 11) is 0. The van der Waals surface area contributed by atoms with Gasteiger partial charge in [0.2, 0.25) is 0 Å². The minimum atomic E-state index is 0.925. The number of hydrogen-bond donors (Lipinski definition) is 1. The van der Waals surface area contributed by atoms with Crippen LogP contribution in [0.3, 0.4) is 0 Å². The lowest BCUT2D eigenvalue weighted by atomic mass is 10.2. The fourth-order valence-corrected chi connectivity index (χ4v) is 2.15. The van der Waals surface area contributed by atoms with E-state index in [1.54, 1.807) is 6.20 Å². The molecular weight excluding hydrogens is 230 g/mol. The maximum absolute atomic E-state index is 4.09. The first-order valence-electron chi connectivity index (χ1n) is 5.55. The summed E-state index contributed by atoms with van der Waals surface area (Å²) in [5.74, 6) is 2.06. The summed E-state index contributed by atoms with van der Waals surface area (Å²) >= 11 is 1.86. The lowest BCUT2D eigenvalue weighted by Crippen LogP contribution is -2.05. The fourth-order valence-electron chi connectivity index (χ4n) is 1.57. The van der Waals surface area contributed by atoms with E-state index < -0.39 is 0 Å². The number of nitrogens with zero attached hydrogens (tertiary/aromatic N) is 2. The van der Waals surface area contributed by atoms with Crippen LogP contribution in [0.4, 0.5) is 5.69 Å². The molecule has 0 saturated carbocycles. The molecule has 0 amide bonds. The molecule has 4 heteroatoms. The zero-order valence-corrected chi connectivity index (χ0v) is 10.4. The van der Waals surface area contributed by atoms with Crippen molar-refractivity contribution in [3.8, 4) is 0 Å². The Morgan fingerprint density at radius 2 is 2.24 bits per heavy atom. The van der Waals surface area contributed by atoms with Gasteiger partial charge in [-0.2, -0.15) is 22.0 Å². The molecule has 0 fully saturated rings. The van der Waals surface area contributed by atoms with Crippen molar-refractivity contribution in [3.05, 3.63) is 43.1 Å². The van der Waals surface area contributed by atoms with Crippen molar-refractivity contribution in [2.45, 2.75) is 0 Å². The van der Waals surface area contributed by atoms with Crippen molar-refractivity contribution >= 4 is 28.4 Å². The number of nitrogens with one attached hydrogen (secondary N) is 1. The zero-order valence-electron chi connectivity index (χ0n) is 9.60. The van der Waals surface area contributed by atoms with Crippen LogP contribution < -0.4 is 5.32 Å². The van der Waals surface area contributed by atoms with Gasteiger partial charge < -0.3 is 5.32 Å². The van der Waals surface area contributed by atoms with Crippen LogP contribution in [0.5, 0.6) is 0 Å². The summed E-state index contributed by atoms with van der Waals surface area (Å²) in [5, 5.41) is 12.6. The van der Waals surface area contributed by atoms with Crippen molar-refractivity contribution in [1.82, 2.24) is 10.2 Å². The Bertz CT molecular complexity index is 493. The van der Waals surface area contributed by atoms with E-state index in [0.29, 0.717) is 0 Å². The van der Waals surface area contributed by atoms with Gasteiger partial charge in [-0.1, -0.05) is 24.3 Å². The molecule has 0 bridgehead atoms. The van der Waals surface area contributed by atoms with Crippen molar-refractivity contribution in [3.63, 3.8) is 0 Å². The highest BCUT2D eigenvalue weighted by Crippen LogP contribution is 2.19. The highest BCUT2D eigenvalue weighted by Gasteiger charge is 2.00. The van der Waals surface area contributed by atoms with E-state index in [0.717, 1.165) is 34.6 Å². The Balaban J connectivity index is 2.01. The van der Waals surface area contributed by atoms with E-state index in [9.17, 15) is 0 Å². The summed E-state index contributed by atoms with van der Waals surface area (Å²) in [6.45, 7) is 4.62. The van der Waals surface area contributed by atoms with E-state index in [2.05, 4.69) is 28.2 Å². The quantitative estimate of drug-likeness (QED) is 0.627. The molecule has 0 aliphatic rings. The molecule has 1 N–H and O–H groups in total. The number of rotatable bonds is 6. The summed E-state index contributed by atoms with van der Waals surface area (Å²) in [4.78, 5) is 0. The summed E-state index contributed by atoms with van der Waals surface area (Å²) in [6.07, 6.45) is 3.70. The maximum atomic E-state index is 4.09. The molecule has 0 atom stereocenters. The van der Waals surface area contributed by atoms with Gasteiger partial charge in [0.15, 0.2) is 0 Å². The van der Waals surface area contributed by atoms with Crippen LogP contribution in [-0.4, -0.2) is 28.2 Å². The van der Waals surface area contributed by atoms with Crippen molar-refractivity contribution < 1.29 is 0 Å². The third-order valence-electron chi connectivity index (χ3n) is 2.34. The molecule has 0 aliphatic heterocycles. The molecule has 1 heterocycles. The lowest BCUT2D eigenvalue weighted by Gasteiger charge is -2.07. The minimum absolute atomic E-state index is 0.925. The SMILES string of the molecule is C=CCSCCNc1cnnc2ccccc12. The standard InChI is InChI=1S/C13H15N3S/c1-2-8-17-9-7-14-13-10-15-16-12-6-4-3-5-11(12)13/h2-6,10H,1,7-9H2,(H,14,16). The molecule has 1 aromatic heterocycles. The van der Waals surface area contributed by atoms with Crippen molar-refractivity contribution in [2.75, 3.05) is 23.4 Å². The Hall–Kier alpha value is -1.55. The highest BCUT2D eigenvalue weighted by atomic mass is 32.2. The van der Waals surface area contributed by atoms with E-state index in [-0.39, 0.29) is 0 Å². The summed E-state index contributed by atoms with van der Waals surface area (Å²) in [6, 6.07) is 8.02. The van der Waals surface area contributed by atoms with Crippen molar-refractivity contribution in [1.29, 1.82) is 0 Å². The molecule has 88 valence electrons. The number of benzene rings is 1. The molecule has 17 heavy (non-hydrogen) atoms. The number of thioether (sulfide) groups is 1. The topological polar surface area (TPSA) is 37.8 Å². The van der Waals surface area contributed by atoms with Gasteiger partial charge in [0.1, 0.15) is 0 Å². The van der Waals surface area contributed by atoms with Crippen LogP contribution in [0.2, 0.25) is 0 Å². The molecule has 0 aliphatic carbocycles. The molecule has 0 saturated heterocycles. The number of anilines is 1. The first-order chi connectivity index (χ1) is 8.42. The number of aromatic nitrogens is 2. The Kier molecular flexibility index (Phi) is 4.38. The van der Waals surface area contributed by atoms with Gasteiger partial charge in [-0.25, -0.2) is 0 Å². The van der Waals surface area contributed by atoms with Crippen LogP contribution in [0.1, 0.15) is 0 Å². The van der Waals surface area contributed by atoms with Gasteiger partial charge in [-0.05, 0) is 6.07 Å². The average Bonchev–Trinajstić information content (AvgIpc) is 2.39. The van der Waals surface area contributed by atoms with Crippen LogP contribution in [0.15, 0.2) is 43.1 Å². The Morgan fingerprint density at radius 3 is 3.12 bits per heavy atom. The first kappa shape index (κ1) is 11.9. The third-order valence-corrected chi connectivity index (χ3v) is 3.31. The smallest absolute Gasteiger partial charge is 0.0950 e. The van der Waals surface area contributed by atoms with Crippen molar-refractivity contribution in [2.24, 2.45) is 0 Å². The molecule has 1 aromatic carbocycles. The molecule has 0 radical (unpaired) electrons. The van der Waals surface area contributed by atoms with Crippen LogP contribution in [-0.2, 0) is 0 Å². The normalized spacial score (nSPS) is 10.4. The monoisotopic (exact) mass is 245 g/mol. The molecule has 0 spiro atoms. The summed E-state index contributed by atoms with van der Waals surface area (Å²) in [5.41, 5.74) is 1.98. The van der Waals surface area contributed by atoms with E-state index in [4.69, 9.17) is 0 Å². The van der Waals surface area contributed by atoms with E-state index in [1.165, 1.54) is 0 Å². The lowest BCUT2D eigenvalue weighted by molar-refractivity contribution is 1.07. The molecular formula is C13H15N3S. The summed E-state index contributed by atoms with van der Waals surface area (Å²) < 4.78 is 0. The maximum Gasteiger partial charge on any atom is 0.0950 e. The van der Waals surface area contributed by atoms with Crippen LogP contribution in [0.25, 0.3) is 10.9 Å². The van der Waals surface area contributed by atoms with Gasteiger partial charge in [0, 0.05) is 23.4 Å². The molecule has 0 unspecified atom stereocenters. The Morgan fingerprint density at radius 1 is 1.35 bits per heavy atom.